The van der Waals surface area contributed by atoms with Crippen molar-refractivity contribution in [2.24, 2.45) is 0 Å². The average Bonchev–Trinajstić information content (AvgIpc) is 1.85. The summed E-state index contributed by atoms with van der Waals surface area (Å²) in [5.41, 5.74) is 5.25. The van der Waals surface area contributed by atoms with Gasteiger partial charge in [0, 0.05) is 6.20 Å². The molecule has 2 rings (SSSR count). The minimum absolute atomic E-state index is 0.572. The highest BCUT2D eigenvalue weighted by Gasteiger charge is 1.92. The summed E-state index contributed by atoms with van der Waals surface area (Å²) in [6, 6.07) is 5.43. The molecule has 0 spiro atoms. The van der Waals surface area contributed by atoms with E-state index in [-0.39, 0.29) is 0 Å². The van der Waals surface area contributed by atoms with Gasteiger partial charge in [-0.1, -0.05) is 6.07 Å². The summed E-state index contributed by atoms with van der Waals surface area (Å²) in [4.78, 5) is 3.76. The molecule has 0 radical (unpaired) electrons. The molecule has 60 valence electrons. The Balaban J connectivity index is 0.000000128. The van der Waals surface area contributed by atoms with Crippen molar-refractivity contribution in [1.29, 1.82) is 0 Å². The summed E-state index contributed by atoms with van der Waals surface area (Å²) < 4.78 is 0. The number of pyridine rings is 1. The van der Waals surface area contributed by atoms with Crippen LogP contribution in [-0.2, 0) is 0 Å². The lowest BCUT2D eigenvalue weighted by atomic mass is 10.3. The molecule has 0 atom stereocenters. The third-order valence-corrected chi connectivity index (χ3v) is 1.39. The van der Waals surface area contributed by atoms with Crippen molar-refractivity contribution in [3.05, 3.63) is 24.4 Å². The van der Waals surface area contributed by atoms with Crippen molar-refractivity contribution in [3.63, 3.8) is 0 Å². The third-order valence-electron chi connectivity index (χ3n) is 1.39. The molecule has 2 heterocycles. The quantitative estimate of drug-likeness (QED) is 0.572. The van der Waals surface area contributed by atoms with Crippen molar-refractivity contribution in [1.82, 2.24) is 10.3 Å². The van der Waals surface area contributed by atoms with E-state index >= 15 is 0 Å². The molecule has 0 saturated carbocycles. The van der Waals surface area contributed by atoms with Gasteiger partial charge in [-0.3, -0.25) is 0 Å². The maximum absolute atomic E-state index is 5.25. The first-order valence-corrected chi connectivity index (χ1v) is 3.77. The molecule has 0 unspecified atom stereocenters. The number of nitrogens with two attached hydrogens (primary N) is 1. The summed E-state index contributed by atoms with van der Waals surface area (Å²) >= 11 is 0. The van der Waals surface area contributed by atoms with Crippen molar-refractivity contribution in [2.75, 3.05) is 18.8 Å². The Kier molecular flexibility index (Phi) is 3.41. The van der Waals surface area contributed by atoms with Crippen LogP contribution in [0.2, 0.25) is 0 Å². The molecule has 11 heavy (non-hydrogen) atoms. The van der Waals surface area contributed by atoms with Crippen LogP contribution in [0.4, 0.5) is 5.82 Å². The van der Waals surface area contributed by atoms with Crippen LogP contribution < -0.4 is 11.1 Å². The lowest BCUT2D eigenvalue weighted by Crippen LogP contribution is -2.29. The highest BCUT2D eigenvalue weighted by molar-refractivity contribution is 5.25. The van der Waals surface area contributed by atoms with Gasteiger partial charge in [-0.15, -0.1) is 0 Å². The van der Waals surface area contributed by atoms with E-state index in [9.17, 15) is 0 Å². The second-order valence-corrected chi connectivity index (χ2v) is 2.36. The predicted octanol–water partition coefficient (Wildman–Crippen LogP) is 0.643. The van der Waals surface area contributed by atoms with Crippen molar-refractivity contribution >= 4 is 5.82 Å². The lowest BCUT2D eigenvalue weighted by molar-refractivity contribution is 0.527. The first-order chi connectivity index (χ1) is 5.39. The Bertz CT molecular complexity index is 178. The highest BCUT2D eigenvalue weighted by Crippen LogP contribution is 1.89. The molecule has 1 saturated heterocycles. The number of anilines is 1. The standard InChI is InChI=1S/C5H6N2.C3H7N/c6-5-3-1-2-4-7-5;1-2-4-3-1/h1-4H,(H2,6,7);4H,1-3H2. The normalized spacial score (nSPS) is 14.2. The Morgan fingerprint density at radius 1 is 1.36 bits per heavy atom. The predicted molar refractivity (Wildman–Crippen MR) is 46.1 cm³/mol. The van der Waals surface area contributed by atoms with Gasteiger partial charge in [-0.2, -0.15) is 0 Å². The Morgan fingerprint density at radius 3 is 2.18 bits per heavy atom. The number of nitrogen functional groups attached to an aromatic ring is 1. The molecule has 1 aromatic rings. The molecule has 3 N–H and O–H groups in total. The van der Waals surface area contributed by atoms with Crippen molar-refractivity contribution in [3.8, 4) is 0 Å². The molecule has 0 aliphatic carbocycles. The number of aromatic nitrogens is 1. The van der Waals surface area contributed by atoms with E-state index in [4.69, 9.17) is 5.73 Å². The van der Waals surface area contributed by atoms with Gasteiger partial charge in [-0.25, -0.2) is 4.98 Å². The summed E-state index contributed by atoms with van der Waals surface area (Å²) in [7, 11) is 0. The zero-order chi connectivity index (χ0) is 7.94. The molecule has 0 aromatic carbocycles. The molecule has 1 aliphatic heterocycles. The molecular formula is C8H13N3. The van der Waals surface area contributed by atoms with Crippen LogP contribution in [0.25, 0.3) is 0 Å². The number of hydrogen-bond donors (Lipinski definition) is 2. The summed E-state index contributed by atoms with van der Waals surface area (Å²) in [5.74, 6) is 0.572. The molecule has 1 fully saturated rings. The van der Waals surface area contributed by atoms with Crippen LogP contribution in [0.15, 0.2) is 24.4 Å². The molecular weight excluding hydrogens is 138 g/mol. The second-order valence-electron chi connectivity index (χ2n) is 2.36. The lowest BCUT2D eigenvalue weighted by Gasteiger charge is -2.09. The zero-order valence-electron chi connectivity index (χ0n) is 6.46. The van der Waals surface area contributed by atoms with E-state index in [0.29, 0.717) is 5.82 Å². The van der Waals surface area contributed by atoms with E-state index in [1.54, 1.807) is 12.3 Å². The molecule has 3 nitrogen and oxygen atoms in total. The summed E-state index contributed by atoms with van der Waals surface area (Å²) in [6.45, 7) is 2.50. The fraction of sp³-hybridized carbons (Fsp3) is 0.375. The fourth-order valence-corrected chi connectivity index (χ4v) is 0.553. The number of rotatable bonds is 0. The first-order valence-electron chi connectivity index (χ1n) is 3.77. The van der Waals surface area contributed by atoms with Crippen LogP contribution in [0.3, 0.4) is 0 Å². The van der Waals surface area contributed by atoms with Crippen LogP contribution in [0.5, 0.6) is 0 Å². The summed E-state index contributed by atoms with van der Waals surface area (Å²) in [6.07, 6.45) is 3.05. The van der Waals surface area contributed by atoms with E-state index in [1.165, 1.54) is 19.5 Å². The molecule has 0 bridgehead atoms. The highest BCUT2D eigenvalue weighted by atomic mass is 14.9. The topological polar surface area (TPSA) is 50.9 Å². The minimum Gasteiger partial charge on any atom is -0.384 e. The monoisotopic (exact) mass is 151 g/mol. The van der Waals surface area contributed by atoms with Gasteiger partial charge in [0.25, 0.3) is 0 Å². The largest absolute Gasteiger partial charge is 0.384 e. The van der Waals surface area contributed by atoms with E-state index in [2.05, 4.69) is 10.3 Å². The first kappa shape index (κ1) is 8.01. The van der Waals surface area contributed by atoms with E-state index in [1.807, 2.05) is 12.1 Å². The maximum atomic E-state index is 5.25. The van der Waals surface area contributed by atoms with E-state index in [0.717, 1.165) is 0 Å². The van der Waals surface area contributed by atoms with Gasteiger partial charge in [-0.05, 0) is 31.6 Å². The fourth-order valence-electron chi connectivity index (χ4n) is 0.553. The molecule has 0 amide bonds. The van der Waals surface area contributed by atoms with Gasteiger partial charge >= 0.3 is 0 Å². The van der Waals surface area contributed by atoms with E-state index < -0.39 is 0 Å². The Hall–Kier alpha value is -1.09. The number of hydrogen-bond acceptors (Lipinski definition) is 3. The SMILES string of the molecule is C1CNC1.Nc1ccccn1. The van der Waals surface area contributed by atoms with Crippen molar-refractivity contribution in [2.45, 2.75) is 6.42 Å². The second kappa shape index (κ2) is 4.68. The van der Waals surface area contributed by atoms with Crippen LogP contribution >= 0.6 is 0 Å². The summed E-state index contributed by atoms with van der Waals surface area (Å²) in [5, 5.41) is 3.11. The number of nitrogens with zero attached hydrogens (tertiary/aromatic N) is 1. The van der Waals surface area contributed by atoms with Gasteiger partial charge in [0.2, 0.25) is 0 Å². The molecule has 1 aliphatic rings. The van der Waals surface area contributed by atoms with Crippen LogP contribution in [-0.4, -0.2) is 18.1 Å². The van der Waals surface area contributed by atoms with Gasteiger partial charge in [0.05, 0.1) is 0 Å². The zero-order valence-corrected chi connectivity index (χ0v) is 6.46. The maximum Gasteiger partial charge on any atom is 0.123 e. The third kappa shape index (κ3) is 3.57. The smallest absolute Gasteiger partial charge is 0.123 e. The Labute approximate surface area is 66.6 Å². The number of nitrogens with one attached hydrogen (secondary N) is 1. The van der Waals surface area contributed by atoms with Gasteiger partial charge in [0.1, 0.15) is 5.82 Å². The van der Waals surface area contributed by atoms with Crippen LogP contribution in [0, 0.1) is 0 Å². The van der Waals surface area contributed by atoms with Crippen LogP contribution in [0.1, 0.15) is 6.42 Å². The molecule has 3 heteroatoms. The van der Waals surface area contributed by atoms with Gasteiger partial charge < -0.3 is 11.1 Å². The van der Waals surface area contributed by atoms with Crippen molar-refractivity contribution < 1.29 is 0 Å². The average molecular weight is 151 g/mol. The minimum atomic E-state index is 0.572. The Morgan fingerprint density at radius 2 is 2.00 bits per heavy atom. The molecule has 1 aromatic heterocycles. The van der Waals surface area contributed by atoms with Gasteiger partial charge in [0.15, 0.2) is 0 Å².